The number of carbonyl (C=O) groups excluding carboxylic acids is 1. The molecule has 0 amide bonds. The van der Waals surface area contributed by atoms with Crippen LogP contribution in [0, 0.1) is 11.8 Å². The minimum absolute atomic E-state index is 0.334. The largest absolute Gasteiger partial charge is 0.347 e. The van der Waals surface area contributed by atoms with Crippen molar-refractivity contribution in [3.05, 3.63) is 11.1 Å². The minimum atomic E-state index is -0.334. The molecule has 4 rings (SSSR count). The molecule has 3 fully saturated rings. The lowest BCUT2D eigenvalue weighted by Gasteiger charge is -2.38. The summed E-state index contributed by atoms with van der Waals surface area (Å²) >= 11 is 0. The smallest absolute Gasteiger partial charge is 0.172 e. The third kappa shape index (κ3) is 1.98. The second-order valence-electron chi connectivity index (χ2n) is 6.61. The van der Waals surface area contributed by atoms with Gasteiger partial charge in [0.15, 0.2) is 5.79 Å². The van der Waals surface area contributed by atoms with E-state index in [1.807, 2.05) is 0 Å². The van der Waals surface area contributed by atoms with E-state index in [2.05, 4.69) is 0 Å². The van der Waals surface area contributed by atoms with Crippen LogP contribution in [0.15, 0.2) is 11.1 Å². The molecule has 3 heteroatoms. The van der Waals surface area contributed by atoms with Gasteiger partial charge >= 0.3 is 0 Å². The van der Waals surface area contributed by atoms with Crippen molar-refractivity contribution in [3.8, 4) is 0 Å². The van der Waals surface area contributed by atoms with Crippen molar-refractivity contribution in [3.63, 3.8) is 0 Å². The van der Waals surface area contributed by atoms with Gasteiger partial charge in [-0.05, 0) is 37.5 Å². The topological polar surface area (TPSA) is 35.5 Å². The van der Waals surface area contributed by atoms with Crippen LogP contribution in [-0.2, 0) is 14.3 Å². The maximum absolute atomic E-state index is 12.1. The van der Waals surface area contributed by atoms with Crippen LogP contribution in [-0.4, -0.2) is 24.8 Å². The molecule has 3 aliphatic carbocycles. The van der Waals surface area contributed by atoms with Gasteiger partial charge in [0, 0.05) is 25.7 Å². The Hall–Kier alpha value is -0.670. The number of allylic oxidation sites excluding steroid dienone is 1. The summed E-state index contributed by atoms with van der Waals surface area (Å²) in [6, 6.07) is 0. The Morgan fingerprint density at radius 1 is 1.00 bits per heavy atom. The van der Waals surface area contributed by atoms with E-state index in [1.165, 1.54) is 19.3 Å². The lowest BCUT2D eigenvalue weighted by atomic mass is 9.76. The van der Waals surface area contributed by atoms with Crippen molar-refractivity contribution < 1.29 is 14.3 Å². The molecule has 0 N–H and O–H groups in total. The van der Waals surface area contributed by atoms with Gasteiger partial charge in [-0.15, -0.1) is 0 Å². The van der Waals surface area contributed by atoms with Gasteiger partial charge in [-0.2, -0.15) is 0 Å². The molecule has 4 aliphatic rings. The number of ether oxygens (including phenoxy) is 2. The average molecular weight is 262 g/mol. The van der Waals surface area contributed by atoms with Crippen molar-refractivity contribution in [2.24, 2.45) is 11.8 Å². The van der Waals surface area contributed by atoms with Gasteiger partial charge in [-0.1, -0.05) is 11.1 Å². The number of Topliss-reactive ketones (excluding diaryl/α,β-unsaturated/α-hetero) is 1. The number of hydrogen-bond acceptors (Lipinski definition) is 3. The molecule has 1 aliphatic heterocycles. The van der Waals surface area contributed by atoms with Crippen LogP contribution in [0.3, 0.4) is 0 Å². The highest BCUT2D eigenvalue weighted by molar-refractivity contribution is 5.80. The number of carbonyl (C=O) groups is 1. The maximum atomic E-state index is 12.1. The highest BCUT2D eigenvalue weighted by Gasteiger charge is 2.45. The van der Waals surface area contributed by atoms with Gasteiger partial charge in [-0.3, -0.25) is 4.79 Å². The van der Waals surface area contributed by atoms with Crippen LogP contribution in [0.2, 0.25) is 0 Å². The fraction of sp³-hybridized carbons (Fsp3) is 0.812. The molecule has 0 unspecified atom stereocenters. The second kappa shape index (κ2) is 4.42. The molecule has 1 saturated heterocycles. The zero-order valence-electron chi connectivity index (χ0n) is 11.5. The van der Waals surface area contributed by atoms with Crippen LogP contribution in [0.4, 0.5) is 0 Å². The molecule has 2 atom stereocenters. The lowest BCUT2D eigenvalue weighted by molar-refractivity contribution is -0.171. The Morgan fingerprint density at radius 2 is 1.74 bits per heavy atom. The van der Waals surface area contributed by atoms with E-state index >= 15 is 0 Å². The summed E-state index contributed by atoms with van der Waals surface area (Å²) in [5.74, 6) is 1.18. The highest BCUT2D eigenvalue weighted by Crippen LogP contribution is 2.50. The highest BCUT2D eigenvalue weighted by atomic mass is 16.7. The van der Waals surface area contributed by atoms with Crippen LogP contribution in [0.5, 0.6) is 0 Å². The molecule has 0 bridgehead atoms. The number of rotatable bonds is 0. The van der Waals surface area contributed by atoms with Crippen LogP contribution < -0.4 is 0 Å². The summed E-state index contributed by atoms with van der Waals surface area (Å²) < 4.78 is 11.8. The summed E-state index contributed by atoms with van der Waals surface area (Å²) in [6.07, 6.45) is 8.21. The SMILES string of the molecule is O=C1C[C@H]2CCC3(CC2=C2CCC[C@H]2C1)OCCO3. The normalized spacial score (nSPS) is 37.4. The summed E-state index contributed by atoms with van der Waals surface area (Å²) in [5.41, 5.74) is 3.15. The Labute approximate surface area is 114 Å². The molecule has 0 aromatic rings. The van der Waals surface area contributed by atoms with Gasteiger partial charge in [0.05, 0.1) is 13.2 Å². The number of fused-ring (bicyclic) bond motifs is 2. The van der Waals surface area contributed by atoms with E-state index in [1.54, 1.807) is 11.1 Å². The van der Waals surface area contributed by atoms with Gasteiger partial charge in [0.2, 0.25) is 0 Å². The molecule has 0 aromatic carbocycles. The van der Waals surface area contributed by atoms with Gasteiger partial charge in [-0.25, -0.2) is 0 Å². The predicted octanol–water partition coefficient (Wildman–Crippen LogP) is 2.99. The number of hydrogen-bond donors (Lipinski definition) is 0. The van der Waals surface area contributed by atoms with Crippen LogP contribution in [0.25, 0.3) is 0 Å². The molecule has 1 heterocycles. The van der Waals surface area contributed by atoms with E-state index < -0.39 is 0 Å². The summed E-state index contributed by atoms with van der Waals surface area (Å²) in [5, 5.41) is 0. The molecule has 0 aromatic heterocycles. The molecule has 0 radical (unpaired) electrons. The van der Waals surface area contributed by atoms with Crippen molar-refractivity contribution in [2.75, 3.05) is 13.2 Å². The summed E-state index contributed by atoms with van der Waals surface area (Å²) in [6.45, 7) is 1.46. The molecular formula is C16H22O3. The predicted molar refractivity (Wildman–Crippen MR) is 70.6 cm³/mol. The van der Waals surface area contributed by atoms with Crippen molar-refractivity contribution >= 4 is 5.78 Å². The fourth-order valence-electron chi connectivity index (χ4n) is 4.63. The van der Waals surface area contributed by atoms with E-state index in [9.17, 15) is 4.79 Å². The minimum Gasteiger partial charge on any atom is -0.347 e. The maximum Gasteiger partial charge on any atom is 0.172 e. The van der Waals surface area contributed by atoms with E-state index in [0.717, 1.165) is 45.3 Å². The monoisotopic (exact) mass is 262 g/mol. The molecule has 3 nitrogen and oxygen atoms in total. The quantitative estimate of drug-likeness (QED) is 0.630. The number of ketones is 1. The van der Waals surface area contributed by atoms with Crippen molar-refractivity contribution in [2.45, 2.75) is 57.2 Å². The Morgan fingerprint density at radius 3 is 2.53 bits per heavy atom. The molecular weight excluding hydrogens is 240 g/mol. The molecule has 2 saturated carbocycles. The zero-order valence-corrected chi connectivity index (χ0v) is 11.5. The fourth-order valence-corrected chi connectivity index (χ4v) is 4.63. The molecule has 104 valence electrons. The first-order chi connectivity index (χ1) is 9.26. The summed E-state index contributed by atoms with van der Waals surface area (Å²) in [7, 11) is 0. The standard InChI is InChI=1S/C16H22O3/c17-13-8-11-2-1-3-14(11)15-10-16(18-6-7-19-16)5-4-12(15)9-13/h11-12H,1-10H2/t11-,12+/m0/s1. The molecule has 1 spiro atoms. The van der Waals surface area contributed by atoms with E-state index in [0.29, 0.717) is 17.6 Å². The third-order valence-electron chi connectivity index (χ3n) is 5.49. The van der Waals surface area contributed by atoms with E-state index in [-0.39, 0.29) is 5.79 Å². The Bertz CT molecular complexity index is 431. The first-order valence-electron chi connectivity index (χ1n) is 7.77. The zero-order chi connectivity index (χ0) is 12.9. The summed E-state index contributed by atoms with van der Waals surface area (Å²) in [4.78, 5) is 12.1. The first kappa shape index (κ1) is 12.1. The van der Waals surface area contributed by atoms with Crippen LogP contribution >= 0.6 is 0 Å². The van der Waals surface area contributed by atoms with Gasteiger partial charge in [0.25, 0.3) is 0 Å². The Kier molecular flexibility index (Phi) is 2.82. The van der Waals surface area contributed by atoms with Crippen molar-refractivity contribution in [1.29, 1.82) is 0 Å². The van der Waals surface area contributed by atoms with E-state index in [4.69, 9.17) is 9.47 Å². The van der Waals surface area contributed by atoms with Gasteiger partial charge in [0.1, 0.15) is 5.78 Å². The molecule has 19 heavy (non-hydrogen) atoms. The van der Waals surface area contributed by atoms with Crippen molar-refractivity contribution in [1.82, 2.24) is 0 Å². The first-order valence-corrected chi connectivity index (χ1v) is 7.77. The third-order valence-corrected chi connectivity index (χ3v) is 5.49. The van der Waals surface area contributed by atoms with Gasteiger partial charge < -0.3 is 9.47 Å². The average Bonchev–Trinajstić information content (AvgIpc) is 2.99. The lowest BCUT2D eigenvalue weighted by Crippen LogP contribution is -2.37. The Balaban J connectivity index is 1.69. The second-order valence-corrected chi connectivity index (χ2v) is 6.61. The van der Waals surface area contributed by atoms with Crippen LogP contribution in [0.1, 0.15) is 51.4 Å².